The summed E-state index contributed by atoms with van der Waals surface area (Å²) >= 11 is 0. The number of aryl methyl sites for hydroxylation is 1. The molecule has 3 heterocycles. The fourth-order valence-corrected chi connectivity index (χ4v) is 4.73. The zero-order valence-electron chi connectivity index (χ0n) is 18.4. The summed E-state index contributed by atoms with van der Waals surface area (Å²) in [5.74, 6) is -2.89. The molecule has 10 nitrogen and oxygen atoms in total. The van der Waals surface area contributed by atoms with Gasteiger partial charge in [-0.3, -0.25) is 29.5 Å². The van der Waals surface area contributed by atoms with E-state index in [0.29, 0.717) is 5.56 Å². The molecule has 4 rings (SSSR count). The fourth-order valence-electron chi connectivity index (χ4n) is 4.73. The van der Waals surface area contributed by atoms with Crippen LogP contribution >= 0.6 is 0 Å². The summed E-state index contributed by atoms with van der Waals surface area (Å²) in [5, 5.41) is 17.2. The SMILES string of the molecule is COc1cc(N2C(=O)[C@@H]3[C@H](C2=O)[C@H](C(=O)C(C)(C)C)N2N=CC=C[C@@H]32)c(C)cc1[N+](=O)[O-]. The minimum atomic E-state index is -0.903. The Morgan fingerprint density at radius 1 is 1.19 bits per heavy atom. The van der Waals surface area contributed by atoms with Gasteiger partial charge in [0.15, 0.2) is 11.5 Å². The minimum absolute atomic E-state index is 0.0561. The summed E-state index contributed by atoms with van der Waals surface area (Å²) in [6.45, 7) is 6.90. The highest BCUT2D eigenvalue weighted by molar-refractivity contribution is 6.24. The van der Waals surface area contributed by atoms with Crippen LogP contribution in [-0.4, -0.2) is 52.9 Å². The molecule has 0 aromatic heterocycles. The van der Waals surface area contributed by atoms with Gasteiger partial charge in [0.1, 0.15) is 6.04 Å². The number of hydrazone groups is 1. The molecule has 0 bridgehead atoms. The second kappa shape index (κ2) is 7.25. The van der Waals surface area contributed by atoms with E-state index in [-0.39, 0.29) is 22.9 Å². The van der Waals surface area contributed by atoms with Gasteiger partial charge in [-0.15, -0.1) is 0 Å². The lowest BCUT2D eigenvalue weighted by atomic mass is 9.80. The monoisotopic (exact) mass is 440 g/mol. The third-order valence-electron chi connectivity index (χ3n) is 6.23. The van der Waals surface area contributed by atoms with Gasteiger partial charge in [0, 0.05) is 23.8 Å². The maximum atomic E-state index is 13.6. The van der Waals surface area contributed by atoms with Gasteiger partial charge in [-0.1, -0.05) is 26.8 Å². The van der Waals surface area contributed by atoms with Crippen molar-refractivity contribution in [2.24, 2.45) is 22.4 Å². The Bertz CT molecular complexity index is 1100. The van der Waals surface area contributed by atoms with Crippen molar-refractivity contribution in [3.05, 3.63) is 40.0 Å². The molecule has 3 aliphatic rings. The highest BCUT2D eigenvalue weighted by Crippen LogP contribution is 2.48. The lowest BCUT2D eigenvalue weighted by molar-refractivity contribution is -0.385. The number of carbonyl (C=O) groups excluding carboxylic acids is 3. The van der Waals surface area contributed by atoms with Crippen LogP contribution < -0.4 is 9.64 Å². The summed E-state index contributed by atoms with van der Waals surface area (Å²) < 4.78 is 5.13. The Morgan fingerprint density at radius 3 is 2.44 bits per heavy atom. The molecule has 0 N–H and O–H groups in total. The number of amides is 2. The predicted molar refractivity (Wildman–Crippen MR) is 115 cm³/mol. The number of hydrogen-bond donors (Lipinski definition) is 0. The number of anilines is 1. The first kappa shape index (κ1) is 21.7. The molecule has 1 aromatic rings. The molecule has 32 heavy (non-hydrogen) atoms. The van der Waals surface area contributed by atoms with E-state index < -0.39 is 46.1 Å². The van der Waals surface area contributed by atoms with Crippen molar-refractivity contribution in [3.63, 3.8) is 0 Å². The number of ketones is 1. The molecule has 1 aromatic carbocycles. The smallest absolute Gasteiger partial charge is 0.311 e. The van der Waals surface area contributed by atoms with Gasteiger partial charge in [-0.2, -0.15) is 5.10 Å². The number of methoxy groups -OCH3 is 1. The largest absolute Gasteiger partial charge is 0.490 e. The Kier molecular flexibility index (Phi) is 4.91. The number of nitro groups is 1. The molecule has 0 aliphatic carbocycles. The number of nitrogens with zero attached hydrogens (tertiary/aromatic N) is 4. The van der Waals surface area contributed by atoms with Gasteiger partial charge in [0.2, 0.25) is 11.8 Å². The van der Waals surface area contributed by atoms with Gasteiger partial charge in [-0.05, 0) is 18.6 Å². The van der Waals surface area contributed by atoms with Gasteiger partial charge >= 0.3 is 5.69 Å². The first-order valence-electron chi connectivity index (χ1n) is 10.2. The molecule has 2 saturated heterocycles. The normalized spacial score (nSPS) is 26.4. The third-order valence-corrected chi connectivity index (χ3v) is 6.23. The van der Waals surface area contributed by atoms with Crippen LogP contribution in [0.25, 0.3) is 0 Å². The molecule has 4 atom stereocenters. The van der Waals surface area contributed by atoms with Crippen molar-refractivity contribution in [3.8, 4) is 5.75 Å². The fraction of sp³-hybridized carbons (Fsp3) is 0.455. The predicted octanol–water partition coefficient (Wildman–Crippen LogP) is 2.24. The standard InChI is InChI=1S/C22H24N4O6/c1-11-9-14(26(30)31)15(32-5)10-13(11)24-20(28)16-12-7-6-8-23-25(12)18(17(16)21(24)29)19(27)22(2,3)4/h6-10,12,16-18H,1-5H3/t12-,16-,17-,18+/m0/s1. The van der Waals surface area contributed by atoms with Crippen molar-refractivity contribution in [1.82, 2.24) is 5.01 Å². The molecule has 168 valence electrons. The molecule has 0 unspecified atom stereocenters. The molecular formula is C22H24N4O6. The summed E-state index contributed by atoms with van der Waals surface area (Å²) in [4.78, 5) is 52.3. The lowest BCUT2D eigenvalue weighted by Gasteiger charge is -2.33. The molecule has 0 radical (unpaired) electrons. The number of nitro benzene ring substituents is 1. The molecule has 3 aliphatic heterocycles. The molecule has 10 heteroatoms. The van der Waals surface area contributed by atoms with Crippen molar-refractivity contribution in [2.75, 3.05) is 12.0 Å². The second-order valence-electron chi connectivity index (χ2n) is 9.21. The average Bonchev–Trinajstić information content (AvgIpc) is 3.19. The highest BCUT2D eigenvalue weighted by atomic mass is 16.6. The van der Waals surface area contributed by atoms with Crippen LogP contribution in [0.15, 0.2) is 29.4 Å². The van der Waals surface area contributed by atoms with E-state index in [4.69, 9.17) is 4.74 Å². The van der Waals surface area contributed by atoms with Crippen LogP contribution in [0.1, 0.15) is 26.3 Å². The first-order valence-corrected chi connectivity index (χ1v) is 10.2. The number of imide groups is 1. The molecular weight excluding hydrogens is 416 g/mol. The van der Waals surface area contributed by atoms with Crippen LogP contribution in [0.3, 0.4) is 0 Å². The Hall–Kier alpha value is -3.56. The number of benzene rings is 1. The van der Waals surface area contributed by atoms with E-state index in [9.17, 15) is 24.5 Å². The van der Waals surface area contributed by atoms with E-state index in [0.717, 1.165) is 4.90 Å². The van der Waals surface area contributed by atoms with E-state index in [1.54, 1.807) is 51.1 Å². The van der Waals surface area contributed by atoms with Gasteiger partial charge in [0.05, 0.1) is 35.6 Å². The number of fused-ring (bicyclic) bond motifs is 3. The van der Waals surface area contributed by atoms with Crippen molar-refractivity contribution in [2.45, 2.75) is 39.8 Å². The van der Waals surface area contributed by atoms with Crippen LogP contribution in [0.5, 0.6) is 5.75 Å². The van der Waals surface area contributed by atoms with E-state index >= 15 is 0 Å². The minimum Gasteiger partial charge on any atom is -0.490 e. The number of Topliss-reactive ketones (excluding diaryl/α,β-unsaturated/α-hetero) is 1. The van der Waals surface area contributed by atoms with Crippen molar-refractivity contribution >= 4 is 35.2 Å². The molecule has 2 amide bonds. The first-order chi connectivity index (χ1) is 15.0. The number of hydrogen-bond acceptors (Lipinski definition) is 8. The summed E-state index contributed by atoms with van der Waals surface area (Å²) in [7, 11) is 1.28. The van der Waals surface area contributed by atoms with Gasteiger partial charge < -0.3 is 4.74 Å². The number of ether oxygens (including phenoxy) is 1. The maximum absolute atomic E-state index is 13.6. The second-order valence-corrected chi connectivity index (χ2v) is 9.21. The topological polar surface area (TPSA) is 122 Å². The average molecular weight is 440 g/mol. The quantitative estimate of drug-likeness (QED) is 0.400. The number of rotatable bonds is 4. The van der Waals surface area contributed by atoms with Crippen LogP contribution in [0.4, 0.5) is 11.4 Å². The van der Waals surface area contributed by atoms with Crippen LogP contribution in [0.2, 0.25) is 0 Å². The Labute approximate surface area is 184 Å². The summed E-state index contributed by atoms with van der Waals surface area (Å²) in [5.41, 5.74) is -0.408. The zero-order chi connectivity index (χ0) is 23.5. The van der Waals surface area contributed by atoms with Crippen LogP contribution in [-0.2, 0) is 14.4 Å². The van der Waals surface area contributed by atoms with E-state index in [1.807, 2.05) is 0 Å². The van der Waals surface area contributed by atoms with Gasteiger partial charge in [0.25, 0.3) is 0 Å². The van der Waals surface area contributed by atoms with E-state index in [1.165, 1.54) is 19.2 Å². The third kappa shape index (κ3) is 3.01. The highest BCUT2D eigenvalue weighted by Gasteiger charge is 2.65. The Balaban J connectivity index is 1.82. The number of allylic oxidation sites excluding steroid dienone is 1. The van der Waals surface area contributed by atoms with Crippen molar-refractivity contribution in [1.29, 1.82) is 0 Å². The lowest BCUT2D eigenvalue weighted by Crippen LogP contribution is -2.49. The Morgan fingerprint density at radius 2 is 1.84 bits per heavy atom. The van der Waals surface area contributed by atoms with Crippen LogP contribution in [0, 0.1) is 34.3 Å². The maximum Gasteiger partial charge on any atom is 0.311 e. The molecule has 0 spiro atoms. The zero-order valence-corrected chi connectivity index (χ0v) is 18.4. The van der Waals surface area contributed by atoms with E-state index in [2.05, 4.69) is 5.10 Å². The number of carbonyl (C=O) groups is 3. The van der Waals surface area contributed by atoms with Gasteiger partial charge in [-0.25, -0.2) is 4.90 Å². The summed E-state index contributed by atoms with van der Waals surface area (Å²) in [6.07, 6.45) is 5.01. The summed E-state index contributed by atoms with van der Waals surface area (Å²) in [6, 6.07) is 1.20. The molecule has 2 fully saturated rings. The molecule has 0 saturated carbocycles. The van der Waals surface area contributed by atoms with Crippen molar-refractivity contribution < 1.29 is 24.0 Å².